The molecule has 0 aliphatic carbocycles. The van der Waals surface area contributed by atoms with Gasteiger partial charge in [0.15, 0.2) is 5.60 Å². The van der Waals surface area contributed by atoms with Crippen LogP contribution in [0.3, 0.4) is 0 Å². The largest absolute Gasteiger partial charge is 0.507 e. The molecule has 110 valence electrons. The van der Waals surface area contributed by atoms with Gasteiger partial charge in [0.05, 0.1) is 6.61 Å². The molecule has 0 radical (unpaired) electrons. The lowest BCUT2D eigenvalue weighted by Gasteiger charge is -2.27. The van der Waals surface area contributed by atoms with Gasteiger partial charge in [0, 0.05) is 5.56 Å². The lowest BCUT2D eigenvalue weighted by atomic mass is 9.90. The fourth-order valence-corrected chi connectivity index (χ4v) is 2.57. The molecule has 2 aromatic carbocycles. The third-order valence-electron chi connectivity index (χ3n) is 3.90. The molecule has 0 spiro atoms. The maximum Gasteiger partial charge on any atom is 0.421 e. The molecule has 0 amide bonds. The zero-order chi connectivity index (χ0) is 15.3. The van der Waals surface area contributed by atoms with Crippen LogP contribution in [0.4, 0.5) is 13.2 Å². The third kappa shape index (κ3) is 2.08. The number of hydrogen-bond acceptors (Lipinski definition) is 2. The van der Waals surface area contributed by atoms with Crippen molar-refractivity contribution in [3.63, 3.8) is 0 Å². The second kappa shape index (κ2) is 4.49. The molecule has 0 fully saturated rings. The highest BCUT2D eigenvalue weighted by Gasteiger charge is 2.57. The monoisotopic (exact) mass is 294 g/mol. The smallest absolute Gasteiger partial charge is 0.421 e. The van der Waals surface area contributed by atoms with E-state index in [2.05, 4.69) is 0 Å². The van der Waals surface area contributed by atoms with E-state index >= 15 is 0 Å². The lowest BCUT2D eigenvalue weighted by Crippen LogP contribution is -2.39. The number of rotatable bonds is 1. The topological polar surface area (TPSA) is 29.5 Å². The summed E-state index contributed by atoms with van der Waals surface area (Å²) < 4.78 is 44.8. The number of phenols is 1. The van der Waals surface area contributed by atoms with Crippen molar-refractivity contribution >= 4 is 0 Å². The average Bonchev–Trinajstić information content (AvgIpc) is 2.77. The van der Waals surface area contributed by atoms with Crippen LogP contribution in [0.2, 0.25) is 0 Å². The number of aromatic hydroxyl groups is 1. The molecule has 1 heterocycles. The summed E-state index contributed by atoms with van der Waals surface area (Å²) >= 11 is 0. The van der Waals surface area contributed by atoms with Crippen molar-refractivity contribution in [2.75, 3.05) is 0 Å². The molecule has 0 bridgehead atoms. The first-order valence-electron chi connectivity index (χ1n) is 6.45. The summed E-state index contributed by atoms with van der Waals surface area (Å²) in [5.41, 5.74) is -0.641. The molecule has 5 heteroatoms. The summed E-state index contributed by atoms with van der Waals surface area (Å²) in [6.07, 6.45) is -4.49. The summed E-state index contributed by atoms with van der Waals surface area (Å²) in [5, 5.41) is 9.85. The van der Waals surface area contributed by atoms with Crippen LogP contribution in [0.1, 0.15) is 18.1 Å². The molecule has 21 heavy (non-hydrogen) atoms. The van der Waals surface area contributed by atoms with Crippen LogP contribution >= 0.6 is 0 Å². The highest BCUT2D eigenvalue weighted by atomic mass is 19.4. The van der Waals surface area contributed by atoms with Gasteiger partial charge in [0.1, 0.15) is 5.75 Å². The average molecular weight is 294 g/mol. The summed E-state index contributed by atoms with van der Waals surface area (Å²) in [6.45, 7) is 0.972. The Bertz CT molecular complexity index is 694. The summed E-state index contributed by atoms with van der Waals surface area (Å²) in [6, 6.07) is 11.3. The van der Waals surface area contributed by atoms with Gasteiger partial charge >= 0.3 is 6.18 Å². The second-order valence-electron chi connectivity index (χ2n) is 5.21. The highest BCUT2D eigenvalue weighted by molar-refractivity contribution is 5.71. The van der Waals surface area contributed by atoms with Crippen molar-refractivity contribution in [1.29, 1.82) is 0 Å². The Morgan fingerprint density at radius 1 is 1.14 bits per heavy atom. The van der Waals surface area contributed by atoms with E-state index in [0.717, 1.165) is 6.92 Å². The van der Waals surface area contributed by atoms with Crippen LogP contribution < -0.4 is 0 Å². The van der Waals surface area contributed by atoms with Crippen LogP contribution in [0, 0.1) is 0 Å². The predicted octanol–water partition coefficient (Wildman–Crippen LogP) is 4.37. The Labute approximate surface area is 119 Å². The minimum Gasteiger partial charge on any atom is -0.507 e. The van der Waals surface area contributed by atoms with E-state index in [1.54, 1.807) is 30.3 Å². The van der Waals surface area contributed by atoms with Gasteiger partial charge in [-0.1, -0.05) is 30.3 Å². The summed E-state index contributed by atoms with van der Waals surface area (Å²) in [5.74, 6) is 0.0325. The van der Waals surface area contributed by atoms with Gasteiger partial charge in [0.25, 0.3) is 0 Å². The number of benzene rings is 2. The molecule has 0 aromatic heterocycles. The van der Waals surface area contributed by atoms with Crippen LogP contribution in [-0.4, -0.2) is 11.3 Å². The van der Waals surface area contributed by atoms with Crippen LogP contribution in [0.25, 0.3) is 11.1 Å². The molecule has 0 saturated heterocycles. The summed E-state index contributed by atoms with van der Waals surface area (Å²) in [4.78, 5) is 0. The van der Waals surface area contributed by atoms with Gasteiger partial charge in [0.2, 0.25) is 0 Å². The number of hydrogen-bond donors (Lipinski definition) is 1. The highest BCUT2D eigenvalue weighted by Crippen LogP contribution is 2.48. The van der Waals surface area contributed by atoms with Crippen molar-refractivity contribution in [3.8, 4) is 16.9 Å². The van der Waals surface area contributed by atoms with E-state index < -0.39 is 11.8 Å². The van der Waals surface area contributed by atoms with E-state index in [4.69, 9.17) is 4.74 Å². The van der Waals surface area contributed by atoms with Crippen LogP contribution in [0.5, 0.6) is 5.75 Å². The Hall–Kier alpha value is -2.01. The molecule has 1 aliphatic rings. The first-order chi connectivity index (χ1) is 9.83. The van der Waals surface area contributed by atoms with Crippen LogP contribution in [0.15, 0.2) is 42.5 Å². The fraction of sp³-hybridized carbons (Fsp3) is 0.250. The standard InChI is InChI=1S/C16H13F3O2/c1-15(16(17,18)19)13-8-10(6-7-11(13)9-21-15)12-4-2-3-5-14(12)20/h2-8,20H,9H2,1H3. The van der Waals surface area contributed by atoms with E-state index in [1.807, 2.05) is 0 Å². The van der Waals surface area contributed by atoms with Gasteiger partial charge in [-0.3, -0.25) is 0 Å². The zero-order valence-corrected chi connectivity index (χ0v) is 11.2. The van der Waals surface area contributed by atoms with Crippen molar-refractivity contribution in [2.24, 2.45) is 0 Å². The zero-order valence-electron chi connectivity index (χ0n) is 11.2. The van der Waals surface area contributed by atoms with Gasteiger partial charge in [-0.25, -0.2) is 0 Å². The number of phenolic OH excluding ortho intramolecular Hbond substituents is 1. The van der Waals surface area contributed by atoms with Gasteiger partial charge in [-0.05, 0) is 35.7 Å². The number of halogens is 3. The minimum absolute atomic E-state index is 0.0325. The fourth-order valence-electron chi connectivity index (χ4n) is 2.57. The number of ether oxygens (including phenoxy) is 1. The molecule has 1 atom stereocenters. The number of alkyl halides is 3. The first kappa shape index (κ1) is 13.9. The Kier molecular flexibility index (Phi) is 2.99. The molecule has 3 rings (SSSR count). The van der Waals surface area contributed by atoms with Crippen molar-refractivity contribution in [1.82, 2.24) is 0 Å². The Morgan fingerprint density at radius 2 is 1.86 bits per heavy atom. The van der Waals surface area contributed by atoms with Gasteiger partial charge < -0.3 is 9.84 Å². The Morgan fingerprint density at radius 3 is 2.52 bits per heavy atom. The molecule has 1 N–H and O–H groups in total. The predicted molar refractivity (Wildman–Crippen MR) is 71.7 cm³/mol. The van der Waals surface area contributed by atoms with Gasteiger partial charge in [-0.2, -0.15) is 13.2 Å². The van der Waals surface area contributed by atoms with Crippen molar-refractivity contribution in [3.05, 3.63) is 53.6 Å². The quantitative estimate of drug-likeness (QED) is 0.846. The van der Waals surface area contributed by atoms with Crippen molar-refractivity contribution in [2.45, 2.75) is 25.3 Å². The minimum atomic E-state index is -4.49. The molecular formula is C16H13F3O2. The number of fused-ring (bicyclic) bond motifs is 1. The summed E-state index contributed by atoms with van der Waals surface area (Å²) in [7, 11) is 0. The van der Waals surface area contributed by atoms with E-state index in [9.17, 15) is 18.3 Å². The maximum atomic E-state index is 13.3. The second-order valence-corrected chi connectivity index (χ2v) is 5.21. The SMILES string of the molecule is CC1(C(F)(F)F)OCc2ccc(-c3ccccc3O)cc21. The molecular weight excluding hydrogens is 281 g/mol. The van der Waals surface area contributed by atoms with E-state index in [1.165, 1.54) is 12.1 Å². The normalized spacial score (nSPS) is 21.3. The van der Waals surface area contributed by atoms with Crippen molar-refractivity contribution < 1.29 is 23.0 Å². The number of para-hydroxylation sites is 1. The van der Waals surface area contributed by atoms with Crippen LogP contribution in [-0.2, 0) is 16.9 Å². The molecule has 1 aliphatic heterocycles. The molecule has 1 unspecified atom stereocenters. The maximum absolute atomic E-state index is 13.3. The van der Waals surface area contributed by atoms with E-state index in [0.29, 0.717) is 16.7 Å². The van der Waals surface area contributed by atoms with Gasteiger partial charge in [-0.15, -0.1) is 0 Å². The molecule has 0 saturated carbocycles. The van der Waals surface area contributed by atoms with E-state index in [-0.39, 0.29) is 17.9 Å². The lowest BCUT2D eigenvalue weighted by molar-refractivity contribution is -0.272. The molecule has 2 aromatic rings. The molecule has 2 nitrogen and oxygen atoms in total. The Balaban J connectivity index is 2.15. The third-order valence-corrected chi connectivity index (χ3v) is 3.90. The first-order valence-corrected chi connectivity index (χ1v) is 6.45.